The van der Waals surface area contributed by atoms with Crippen LogP contribution in [0.1, 0.15) is 12.5 Å². The fourth-order valence-electron chi connectivity index (χ4n) is 3.63. The van der Waals surface area contributed by atoms with Gasteiger partial charge in [0.05, 0.1) is 5.69 Å². The number of fused-ring (bicyclic) bond motifs is 1. The number of ether oxygens (including phenoxy) is 2. The number of anilines is 1. The Morgan fingerprint density at radius 1 is 1.19 bits per heavy atom. The number of benzene rings is 2. The molecule has 1 unspecified atom stereocenters. The number of nitrogens with zero attached hydrogens (tertiary/aromatic N) is 2. The van der Waals surface area contributed by atoms with Gasteiger partial charge in [-0.2, -0.15) is 0 Å². The third kappa shape index (κ3) is 3.44. The van der Waals surface area contributed by atoms with Crippen LogP contribution in [-0.4, -0.2) is 41.1 Å². The van der Waals surface area contributed by atoms with Gasteiger partial charge in [0.25, 0.3) is 5.91 Å². The van der Waals surface area contributed by atoms with Gasteiger partial charge in [-0.25, -0.2) is 9.78 Å². The number of amides is 4. The molecule has 1 aromatic heterocycles. The van der Waals surface area contributed by atoms with E-state index >= 15 is 0 Å². The van der Waals surface area contributed by atoms with Crippen LogP contribution in [0.3, 0.4) is 0 Å². The van der Waals surface area contributed by atoms with Crippen LogP contribution in [0.5, 0.6) is 11.5 Å². The maximum Gasteiger partial charge on any atom is 0.325 e. The summed E-state index contributed by atoms with van der Waals surface area (Å²) in [7, 11) is 0. The summed E-state index contributed by atoms with van der Waals surface area (Å²) in [6.45, 7) is 1.40. The lowest BCUT2D eigenvalue weighted by Crippen LogP contribution is -2.42. The highest BCUT2D eigenvalue weighted by atomic mass is 32.1. The molecular weight excluding hydrogens is 432 g/mol. The van der Waals surface area contributed by atoms with Crippen LogP contribution in [0.4, 0.5) is 9.93 Å². The second-order valence-electron chi connectivity index (χ2n) is 7.47. The largest absolute Gasteiger partial charge is 0.454 e. The maximum absolute atomic E-state index is 12.9. The van der Waals surface area contributed by atoms with Crippen molar-refractivity contribution in [2.75, 3.05) is 18.7 Å². The molecule has 1 saturated heterocycles. The normalized spacial score (nSPS) is 19.2. The highest BCUT2D eigenvalue weighted by Gasteiger charge is 2.49. The first-order valence-electron chi connectivity index (χ1n) is 9.79. The summed E-state index contributed by atoms with van der Waals surface area (Å²) in [6, 6.07) is 13.8. The Labute approximate surface area is 187 Å². The highest BCUT2D eigenvalue weighted by molar-refractivity contribution is 7.14. The number of urea groups is 1. The molecule has 5 rings (SSSR count). The summed E-state index contributed by atoms with van der Waals surface area (Å²) in [6.07, 6.45) is 0. The minimum Gasteiger partial charge on any atom is -0.454 e. The SMILES string of the molecule is CC1(c2ccccc2)NC(=O)N(CC(=O)Nc2nc(-c3ccc4c(c3)OCO4)cs2)C1=O. The molecule has 2 aliphatic heterocycles. The number of rotatable bonds is 5. The minimum absolute atomic E-state index is 0.184. The van der Waals surface area contributed by atoms with Crippen molar-refractivity contribution >= 4 is 34.3 Å². The van der Waals surface area contributed by atoms with Gasteiger partial charge in [-0.1, -0.05) is 30.3 Å². The Balaban J connectivity index is 1.26. The summed E-state index contributed by atoms with van der Waals surface area (Å²) < 4.78 is 10.7. The van der Waals surface area contributed by atoms with Crippen LogP contribution in [0.15, 0.2) is 53.9 Å². The van der Waals surface area contributed by atoms with Gasteiger partial charge in [0.15, 0.2) is 16.6 Å². The molecule has 3 aromatic rings. The molecule has 10 heteroatoms. The van der Waals surface area contributed by atoms with Crippen molar-refractivity contribution in [3.05, 3.63) is 59.5 Å². The quantitative estimate of drug-likeness (QED) is 0.579. The zero-order valence-corrected chi connectivity index (χ0v) is 17.8. The van der Waals surface area contributed by atoms with Crippen molar-refractivity contribution in [3.8, 4) is 22.8 Å². The van der Waals surface area contributed by atoms with E-state index in [0.29, 0.717) is 27.9 Å². The van der Waals surface area contributed by atoms with Crippen molar-refractivity contribution in [3.63, 3.8) is 0 Å². The number of hydrogen-bond acceptors (Lipinski definition) is 7. The van der Waals surface area contributed by atoms with Crippen molar-refractivity contribution in [2.24, 2.45) is 0 Å². The lowest BCUT2D eigenvalue weighted by molar-refractivity contribution is -0.133. The predicted molar refractivity (Wildman–Crippen MR) is 116 cm³/mol. The summed E-state index contributed by atoms with van der Waals surface area (Å²) >= 11 is 1.24. The van der Waals surface area contributed by atoms with E-state index in [2.05, 4.69) is 15.6 Å². The van der Waals surface area contributed by atoms with Gasteiger partial charge in [-0.05, 0) is 30.7 Å². The zero-order chi connectivity index (χ0) is 22.3. The fourth-order valence-corrected chi connectivity index (χ4v) is 4.37. The summed E-state index contributed by atoms with van der Waals surface area (Å²) in [5.41, 5.74) is 0.912. The van der Waals surface area contributed by atoms with Crippen molar-refractivity contribution < 1.29 is 23.9 Å². The Morgan fingerprint density at radius 2 is 1.97 bits per heavy atom. The lowest BCUT2D eigenvalue weighted by atomic mass is 9.92. The van der Waals surface area contributed by atoms with Gasteiger partial charge in [0, 0.05) is 10.9 Å². The van der Waals surface area contributed by atoms with Crippen LogP contribution in [0.2, 0.25) is 0 Å². The third-order valence-corrected chi connectivity index (χ3v) is 6.10. The number of nitrogens with one attached hydrogen (secondary N) is 2. The molecule has 1 atom stereocenters. The number of carbonyl (C=O) groups excluding carboxylic acids is 3. The van der Waals surface area contributed by atoms with Gasteiger partial charge in [-0.3, -0.25) is 14.5 Å². The monoisotopic (exact) mass is 450 g/mol. The average Bonchev–Trinajstić information content (AvgIpc) is 3.50. The van der Waals surface area contributed by atoms with Crippen molar-refractivity contribution in [2.45, 2.75) is 12.5 Å². The van der Waals surface area contributed by atoms with Crippen LogP contribution < -0.4 is 20.1 Å². The Bertz CT molecular complexity index is 1230. The lowest BCUT2D eigenvalue weighted by Gasteiger charge is -2.21. The smallest absolute Gasteiger partial charge is 0.325 e. The molecule has 3 heterocycles. The Morgan fingerprint density at radius 3 is 2.78 bits per heavy atom. The molecule has 0 spiro atoms. The molecule has 9 nitrogen and oxygen atoms in total. The first kappa shape index (κ1) is 20.0. The molecule has 0 radical (unpaired) electrons. The Hall–Kier alpha value is -3.92. The van der Waals surface area contributed by atoms with E-state index in [1.807, 2.05) is 18.2 Å². The van der Waals surface area contributed by atoms with Crippen molar-refractivity contribution in [1.29, 1.82) is 0 Å². The molecule has 1 fully saturated rings. The van der Waals surface area contributed by atoms with E-state index < -0.39 is 29.9 Å². The minimum atomic E-state index is -1.22. The van der Waals surface area contributed by atoms with Crippen molar-refractivity contribution in [1.82, 2.24) is 15.2 Å². The van der Waals surface area contributed by atoms with Crippen LogP contribution >= 0.6 is 11.3 Å². The zero-order valence-electron chi connectivity index (χ0n) is 17.0. The highest BCUT2D eigenvalue weighted by Crippen LogP contribution is 2.36. The summed E-state index contributed by atoms with van der Waals surface area (Å²) in [4.78, 5) is 43.2. The van der Waals surface area contributed by atoms with E-state index in [4.69, 9.17) is 9.47 Å². The number of hydrogen-bond donors (Lipinski definition) is 2. The number of carbonyl (C=O) groups is 3. The van der Waals surface area contributed by atoms with Crippen LogP contribution in [-0.2, 0) is 15.1 Å². The van der Waals surface area contributed by atoms with Gasteiger partial charge in [0.2, 0.25) is 12.7 Å². The summed E-state index contributed by atoms with van der Waals surface area (Å²) in [5, 5.41) is 7.50. The number of imide groups is 1. The molecule has 2 N–H and O–H groups in total. The first-order chi connectivity index (χ1) is 15.4. The molecule has 162 valence electrons. The predicted octanol–water partition coefficient (Wildman–Crippen LogP) is 2.94. The van der Waals surface area contributed by atoms with Gasteiger partial charge >= 0.3 is 6.03 Å². The van der Waals surface area contributed by atoms with Crippen LogP contribution in [0, 0.1) is 0 Å². The summed E-state index contributed by atoms with van der Waals surface area (Å²) in [5.74, 6) is 0.316. The van der Waals surface area contributed by atoms with Gasteiger partial charge in [-0.15, -0.1) is 11.3 Å². The van der Waals surface area contributed by atoms with E-state index in [0.717, 1.165) is 10.5 Å². The molecule has 2 aromatic carbocycles. The van der Waals surface area contributed by atoms with E-state index in [1.54, 1.807) is 42.6 Å². The average molecular weight is 450 g/mol. The molecular formula is C22H18N4O5S. The molecule has 0 bridgehead atoms. The molecule has 2 aliphatic rings. The Kier molecular flexibility index (Phi) is 4.78. The van der Waals surface area contributed by atoms with Gasteiger partial charge in [0.1, 0.15) is 12.1 Å². The molecule has 4 amide bonds. The van der Waals surface area contributed by atoms with E-state index in [-0.39, 0.29) is 6.79 Å². The molecule has 32 heavy (non-hydrogen) atoms. The second-order valence-corrected chi connectivity index (χ2v) is 8.32. The fraction of sp³-hybridized carbons (Fsp3) is 0.182. The topological polar surface area (TPSA) is 110 Å². The maximum atomic E-state index is 12.9. The number of aromatic nitrogens is 1. The molecule has 0 saturated carbocycles. The van der Waals surface area contributed by atoms with Crippen LogP contribution in [0.25, 0.3) is 11.3 Å². The third-order valence-electron chi connectivity index (χ3n) is 5.35. The second kappa shape index (κ2) is 7.65. The standard InChI is InChI=1S/C22H18N4O5S/c1-22(14-5-3-2-4-6-14)19(28)26(21(29)25-22)10-18(27)24-20-23-15(11-32-20)13-7-8-16-17(9-13)31-12-30-16/h2-9,11H,10,12H2,1H3,(H,25,29)(H,23,24,27). The van der Waals surface area contributed by atoms with E-state index in [1.165, 1.54) is 11.3 Å². The number of thiazole rings is 1. The first-order valence-corrected chi connectivity index (χ1v) is 10.7. The molecule has 0 aliphatic carbocycles. The van der Waals surface area contributed by atoms with E-state index in [9.17, 15) is 14.4 Å². The van der Waals surface area contributed by atoms with Gasteiger partial charge < -0.3 is 20.1 Å².